The second kappa shape index (κ2) is 6.40. The lowest BCUT2D eigenvalue weighted by Crippen LogP contribution is -2.13. The number of aliphatic hydroxyl groups is 1. The van der Waals surface area contributed by atoms with Gasteiger partial charge in [0.25, 0.3) is 0 Å². The van der Waals surface area contributed by atoms with E-state index in [4.69, 9.17) is 0 Å². The maximum atomic E-state index is 11.9. The summed E-state index contributed by atoms with van der Waals surface area (Å²) in [5.74, 6) is 0. The van der Waals surface area contributed by atoms with Gasteiger partial charge in [0, 0.05) is 10.9 Å². The van der Waals surface area contributed by atoms with Gasteiger partial charge >= 0.3 is 6.18 Å². The van der Waals surface area contributed by atoms with Crippen LogP contribution in [0.25, 0.3) is 0 Å². The lowest BCUT2D eigenvalue weighted by Gasteiger charge is -2.11. The van der Waals surface area contributed by atoms with E-state index in [1.165, 1.54) is 0 Å². The molecule has 1 N–H and O–H groups in total. The predicted octanol–water partition coefficient (Wildman–Crippen LogP) is 4.09. The van der Waals surface area contributed by atoms with Crippen molar-refractivity contribution in [1.29, 1.82) is 0 Å². The first-order chi connectivity index (χ1) is 7.87. The predicted molar refractivity (Wildman–Crippen MR) is 63.8 cm³/mol. The Morgan fingerprint density at radius 3 is 2.59 bits per heavy atom. The summed E-state index contributed by atoms with van der Waals surface area (Å²) < 4.78 is 36.6. The zero-order chi connectivity index (χ0) is 12.9. The van der Waals surface area contributed by atoms with Gasteiger partial charge in [-0.2, -0.15) is 13.2 Å². The highest BCUT2D eigenvalue weighted by molar-refractivity contribution is 9.10. The highest BCUT2D eigenvalue weighted by Crippen LogP contribution is 2.23. The SMILES string of the molecule is OC(CCCC(F)(F)F)Cc1cccc(Br)c1. The van der Waals surface area contributed by atoms with Crippen molar-refractivity contribution in [3.05, 3.63) is 34.3 Å². The molecule has 0 radical (unpaired) electrons. The molecule has 5 heteroatoms. The van der Waals surface area contributed by atoms with Crippen LogP contribution in [0.4, 0.5) is 13.2 Å². The van der Waals surface area contributed by atoms with Crippen LogP contribution in [-0.2, 0) is 6.42 Å². The number of benzene rings is 1. The van der Waals surface area contributed by atoms with Gasteiger partial charge < -0.3 is 5.11 Å². The molecule has 0 aliphatic rings. The number of aliphatic hydroxyl groups excluding tert-OH is 1. The molecule has 0 amide bonds. The Hall–Kier alpha value is -0.550. The van der Waals surface area contributed by atoms with E-state index in [0.29, 0.717) is 6.42 Å². The standard InChI is InChI=1S/C12H14BrF3O/c13-10-4-1-3-9(7-10)8-11(17)5-2-6-12(14,15)16/h1,3-4,7,11,17H,2,5-6,8H2. The molecule has 0 saturated carbocycles. The number of alkyl halides is 3. The molecule has 96 valence electrons. The summed E-state index contributed by atoms with van der Waals surface area (Å²) in [6.45, 7) is 0. The van der Waals surface area contributed by atoms with Gasteiger partial charge in [0.1, 0.15) is 0 Å². The van der Waals surface area contributed by atoms with Crippen LogP contribution in [0.5, 0.6) is 0 Å². The normalized spacial score (nSPS) is 13.7. The molecule has 0 bridgehead atoms. The first-order valence-electron chi connectivity index (χ1n) is 5.36. The van der Waals surface area contributed by atoms with Crippen molar-refractivity contribution in [2.75, 3.05) is 0 Å². The average Bonchev–Trinajstić information content (AvgIpc) is 2.15. The monoisotopic (exact) mass is 310 g/mol. The van der Waals surface area contributed by atoms with Crippen molar-refractivity contribution in [2.45, 2.75) is 38.0 Å². The molecule has 0 aliphatic carbocycles. The molecule has 0 aliphatic heterocycles. The molecule has 1 aromatic rings. The topological polar surface area (TPSA) is 20.2 Å². The fraction of sp³-hybridized carbons (Fsp3) is 0.500. The average molecular weight is 311 g/mol. The van der Waals surface area contributed by atoms with E-state index in [2.05, 4.69) is 15.9 Å². The van der Waals surface area contributed by atoms with Gasteiger partial charge in [-0.1, -0.05) is 28.1 Å². The van der Waals surface area contributed by atoms with Crippen molar-refractivity contribution < 1.29 is 18.3 Å². The second-order valence-electron chi connectivity index (χ2n) is 4.00. The van der Waals surface area contributed by atoms with E-state index in [1.807, 2.05) is 24.3 Å². The molecule has 0 spiro atoms. The van der Waals surface area contributed by atoms with Gasteiger partial charge in [-0.15, -0.1) is 0 Å². The summed E-state index contributed by atoms with van der Waals surface area (Å²) in [4.78, 5) is 0. The minimum Gasteiger partial charge on any atom is -0.393 e. The molecule has 1 aromatic carbocycles. The fourth-order valence-corrected chi connectivity index (χ4v) is 2.02. The lowest BCUT2D eigenvalue weighted by molar-refractivity contribution is -0.136. The first kappa shape index (κ1) is 14.5. The van der Waals surface area contributed by atoms with Gasteiger partial charge in [0.05, 0.1) is 6.10 Å². The lowest BCUT2D eigenvalue weighted by atomic mass is 10.0. The number of hydrogen-bond acceptors (Lipinski definition) is 1. The van der Waals surface area contributed by atoms with Gasteiger partial charge in [-0.25, -0.2) is 0 Å². The van der Waals surface area contributed by atoms with Crippen molar-refractivity contribution in [2.24, 2.45) is 0 Å². The Morgan fingerprint density at radius 2 is 2.00 bits per heavy atom. The second-order valence-corrected chi connectivity index (χ2v) is 4.91. The van der Waals surface area contributed by atoms with Crippen LogP contribution < -0.4 is 0 Å². The highest BCUT2D eigenvalue weighted by atomic mass is 79.9. The minimum atomic E-state index is -4.13. The smallest absolute Gasteiger partial charge is 0.389 e. The van der Waals surface area contributed by atoms with Crippen LogP contribution >= 0.6 is 15.9 Å². The highest BCUT2D eigenvalue weighted by Gasteiger charge is 2.26. The van der Waals surface area contributed by atoms with Gasteiger partial charge in [0.15, 0.2) is 0 Å². The van der Waals surface area contributed by atoms with Crippen LogP contribution in [0, 0.1) is 0 Å². The largest absolute Gasteiger partial charge is 0.393 e. The van der Waals surface area contributed by atoms with Gasteiger partial charge in [0.2, 0.25) is 0 Å². The van der Waals surface area contributed by atoms with E-state index >= 15 is 0 Å². The van der Waals surface area contributed by atoms with E-state index in [-0.39, 0.29) is 12.8 Å². The summed E-state index contributed by atoms with van der Waals surface area (Å²) in [6, 6.07) is 7.39. The number of rotatable bonds is 5. The van der Waals surface area contributed by atoms with E-state index < -0.39 is 18.7 Å². The third kappa shape index (κ3) is 6.68. The fourth-order valence-electron chi connectivity index (χ4n) is 1.58. The van der Waals surface area contributed by atoms with Crippen LogP contribution in [0.15, 0.2) is 28.7 Å². The Balaban J connectivity index is 2.32. The molecule has 1 rings (SSSR count). The summed E-state index contributed by atoms with van der Waals surface area (Å²) in [5.41, 5.74) is 0.916. The summed E-state index contributed by atoms with van der Waals surface area (Å²) in [6.07, 6.45) is -5.15. The van der Waals surface area contributed by atoms with Crippen molar-refractivity contribution in [3.8, 4) is 0 Å². The number of halogens is 4. The first-order valence-corrected chi connectivity index (χ1v) is 6.15. The van der Waals surface area contributed by atoms with Crippen molar-refractivity contribution in [1.82, 2.24) is 0 Å². The maximum Gasteiger partial charge on any atom is 0.389 e. The Bertz CT molecular complexity index is 352. The van der Waals surface area contributed by atoms with Crippen LogP contribution in [0.1, 0.15) is 24.8 Å². The quantitative estimate of drug-likeness (QED) is 0.868. The Labute approximate surface area is 107 Å². The number of hydrogen-bond donors (Lipinski definition) is 1. The molecule has 17 heavy (non-hydrogen) atoms. The summed E-state index contributed by atoms with van der Waals surface area (Å²) in [5, 5.41) is 9.61. The molecular weight excluding hydrogens is 297 g/mol. The molecule has 1 unspecified atom stereocenters. The third-order valence-corrected chi connectivity index (χ3v) is 2.85. The summed E-state index contributed by atoms with van der Waals surface area (Å²) >= 11 is 3.30. The molecule has 0 heterocycles. The molecule has 1 nitrogen and oxygen atoms in total. The zero-order valence-electron chi connectivity index (χ0n) is 9.17. The third-order valence-electron chi connectivity index (χ3n) is 2.36. The molecule has 0 saturated heterocycles. The summed E-state index contributed by atoms with van der Waals surface area (Å²) in [7, 11) is 0. The van der Waals surface area contributed by atoms with Crippen LogP contribution in [0.2, 0.25) is 0 Å². The van der Waals surface area contributed by atoms with E-state index in [1.54, 1.807) is 0 Å². The van der Waals surface area contributed by atoms with Crippen molar-refractivity contribution in [3.63, 3.8) is 0 Å². The van der Waals surface area contributed by atoms with Crippen molar-refractivity contribution >= 4 is 15.9 Å². The van der Waals surface area contributed by atoms with Crippen LogP contribution in [0.3, 0.4) is 0 Å². The Morgan fingerprint density at radius 1 is 1.29 bits per heavy atom. The molecule has 0 aromatic heterocycles. The minimum absolute atomic E-state index is 0.0291. The zero-order valence-corrected chi connectivity index (χ0v) is 10.8. The molecular formula is C12H14BrF3O. The van der Waals surface area contributed by atoms with E-state index in [0.717, 1.165) is 10.0 Å². The molecule has 1 atom stereocenters. The van der Waals surface area contributed by atoms with Gasteiger partial charge in [-0.05, 0) is 37.0 Å². The van der Waals surface area contributed by atoms with E-state index in [9.17, 15) is 18.3 Å². The van der Waals surface area contributed by atoms with Gasteiger partial charge in [-0.3, -0.25) is 0 Å². The Kier molecular flexibility index (Phi) is 5.46. The maximum absolute atomic E-state index is 11.9. The molecule has 0 fully saturated rings. The van der Waals surface area contributed by atoms with Crippen LogP contribution in [-0.4, -0.2) is 17.4 Å².